The largest absolute Gasteiger partial charge is 0.463 e. The summed E-state index contributed by atoms with van der Waals surface area (Å²) in [6.07, 6.45) is -0.156. The van der Waals surface area contributed by atoms with Crippen molar-refractivity contribution >= 4 is 12.4 Å². The second kappa shape index (κ2) is 4.98. The second-order valence-electron chi connectivity index (χ2n) is 4.02. The first-order chi connectivity index (χ1) is 6.31. The Morgan fingerprint density at radius 1 is 1.29 bits per heavy atom. The molecule has 1 atom stereocenters. The van der Waals surface area contributed by atoms with Gasteiger partial charge in [-0.2, -0.15) is 0 Å². The van der Waals surface area contributed by atoms with Crippen LogP contribution in [0.5, 0.6) is 0 Å². The van der Waals surface area contributed by atoms with E-state index in [-0.39, 0.29) is 12.1 Å². The molecule has 0 fully saturated rings. The molecule has 0 saturated carbocycles. The fraction of sp³-hybridized carbons (Fsp3) is 0.800. The van der Waals surface area contributed by atoms with E-state index >= 15 is 0 Å². The lowest BCUT2D eigenvalue weighted by Gasteiger charge is -2.28. The lowest BCUT2D eigenvalue weighted by molar-refractivity contribution is -0.165. The van der Waals surface area contributed by atoms with Gasteiger partial charge in [0.15, 0.2) is 0 Å². The van der Waals surface area contributed by atoms with Crippen molar-refractivity contribution in [3.05, 3.63) is 0 Å². The molecule has 4 nitrogen and oxygen atoms in total. The first kappa shape index (κ1) is 12.9. The molecule has 0 aliphatic carbocycles. The van der Waals surface area contributed by atoms with Gasteiger partial charge in [-0.25, -0.2) is 0 Å². The van der Waals surface area contributed by atoms with Crippen molar-refractivity contribution in [2.75, 3.05) is 0 Å². The van der Waals surface area contributed by atoms with Crippen LogP contribution in [0.1, 0.15) is 34.6 Å². The molecule has 0 N–H and O–H groups in total. The van der Waals surface area contributed by atoms with E-state index in [1.54, 1.807) is 34.6 Å². The zero-order valence-electron chi connectivity index (χ0n) is 9.37. The van der Waals surface area contributed by atoms with Gasteiger partial charge in [-0.05, 0) is 34.6 Å². The highest BCUT2D eigenvalue weighted by atomic mass is 16.6. The van der Waals surface area contributed by atoms with Crippen LogP contribution in [0.25, 0.3) is 0 Å². The van der Waals surface area contributed by atoms with Crippen LogP contribution < -0.4 is 0 Å². The Kier molecular flexibility index (Phi) is 4.60. The van der Waals surface area contributed by atoms with Crippen molar-refractivity contribution < 1.29 is 19.1 Å². The van der Waals surface area contributed by atoms with Gasteiger partial charge in [0.05, 0.1) is 12.0 Å². The van der Waals surface area contributed by atoms with E-state index in [0.717, 1.165) is 0 Å². The van der Waals surface area contributed by atoms with Crippen molar-refractivity contribution in [3.63, 3.8) is 0 Å². The van der Waals surface area contributed by atoms with E-state index < -0.39 is 11.5 Å². The number of esters is 1. The molecule has 0 aliphatic rings. The third-order valence-corrected chi connectivity index (χ3v) is 2.10. The standard InChI is InChI=1S/C10H18O4/c1-7(2)14-9(12)8(3)10(4,5)13-6-11/h6-8H,1-5H3. The molecule has 0 heterocycles. The van der Waals surface area contributed by atoms with Crippen molar-refractivity contribution in [1.82, 2.24) is 0 Å². The number of ether oxygens (including phenoxy) is 2. The van der Waals surface area contributed by atoms with Crippen LogP contribution in [0.3, 0.4) is 0 Å². The summed E-state index contributed by atoms with van der Waals surface area (Å²) >= 11 is 0. The second-order valence-corrected chi connectivity index (χ2v) is 4.02. The molecular formula is C10H18O4. The van der Waals surface area contributed by atoms with Crippen LogP contribution in [0.2, 0.25) is 0 Å². The number of hydrogen-bond acceptors (Lipinski definition) is 4. The monoisotopic (exact) mass is 202 g/mol. The third-order valence-electron chi connectivity index (χ3n) is 2.10. The van der Waals surface area contributed by atoms with E-state index in [1.807, 2.05) is 0 Å². The molecule has 0 aromatic heterocycles. The summed E-state index contributed by atoms with van der Waals surface area (Å²) in [5.41, 5.74) is -0.826. The Balaban J connectivity index is 4.36. The van der Waals surface area contributed by atoms with E-state index in [0.29, 0.717) is 6.47 Å². The quantitative estimate of drug-likeness (QED) is 0.501. The summed E-state index contributed by atoms with van der Waals surface area (Å²) < 4.78 is 9.82. The minimum atomic E-state index is -0.826. The number of carbonyl (C=O) groups excluding carboxylic acids is 2. The van der Waals surface area contributed by atoms with Gasteiger partial charge in [0, 0.05) is 0 Å². The summed E-state index contributed by atoms with van der Waals surface area (Å²) in [5.74, 6) is -0.832. The molecule has 0 radical (unpaired) electrons. The molecule has 0 bridgehead atoms. The summed E-state index contributed by atoms with van der Waals surface area (Å²) in [5, 5.41) is 0. The van der Waals surface area contributed by atoms with Crippen LogP contribution in [-0.4, -0.2) is 24.1 Å². The first-order valence-electron chi connectivity index (χ1n) is 4.63. The summed E-state index contributed by atoms with van der Waals surface area (Å²) in [6.45, 7) is 8.92. The highest BCUT2D eigenvalue weighted by Crippen LogP contribution is 2.21. The van der Waals surface area contributed by atoms with Gasteiger partial charge in [0.25, 0.3) is 6.47 Å². The zero-order valence-corrected chi connectivity index (χ0v) is 9.37. The van der Waals surface area contributed by atoms with Crippen molar-refractivity contribution in [1.29, 1.82) is 0 Å². The van der Waals surface area contributed by atoms with Gasteiger partial charge < -0.3 is 9.47 Å². The lowest BCUT2D eigenvalue weighted by atomic mass is 9.93. The molecular weight excluding hydrogens is 184 g/mol. The van der Waals surface area contributed by atoms with Crippen molar-refractivity contribution in [3.8, 4) is 0 Å². The van der Waals surface area contributed by atoms with Gasteiger partial charge in [0.1, 0.15) is 5.60 Å². The minimum absolute atomic E-state index is 0.156. The van der Waals surface area contributed by atoms with Crippen molar-refractivity contribution in [2.24, 2.45) is 5.92 Å². The third kappa shape index (κ3) is 3.77. The average molecular weight is 202 g/mol. The van der Waals surface area contributed by atoms with E-state index in [9.17, 15) is 9.59 Å². The van der Waals surface area contributed by atoms with Gasteiger partial charge in [-0.15, -0.1) is 0 Å². The van der Waals surface area contributed by atoms with E-state index in [1.165, 1.54) is 0 Å². The molecule has 0 aromatic carbocycles. The highest BCUT2D eigenvalue weighted by molar-refractivity contribution is 5.73. The Morgan fingerprint density at radius 2 is 1.79 bits per heavy atom. The predicted molar refractivity (Wildman–Crippen MR) is 51.6 cm³/mol. The maximum atomic E-state index is 11.5. The van der Waals surface area contributed by atoms with Crippen LogP contribution in [0.4, 0.5) is 0 Å². The van der Waals surface area contributed by atoms with Crippen LogP contribution in [0.15, 0.2) is 0 Å². The molecule has 4 heteroatoms. The first-order valence-corrected chi connectivity index (χ1v) is 4.63. The minimum Gasteiger partial charge on any atom is -0.463 e. The summed E-state index contributed by atoms with van der Waals surface area (Å²) in [7, 11) is 0. The Morgan fingerprint density at radius 3 is 2.14 bits per heavy atom. The van der Waals surface area contributed by atoms with Gasteiger partial charge in [-0.1, -0.05) is 0 Å². The molecule has 0 rings (SSSR count). The molecule has 0 amide bonds. The molecule has 0 aromatic rings. The Labute approximate surface area is 84.6 Å². The van der Waals surface area contributed by atoms with Gasteiger partial charge >= 0.3 is 5.97 Å². The number of hydrogen-bond donors (Lipinski definition) is 0. The maximum Gasteiger partial charge on any atom is 0.312 e. The highest BCUT2D eigenvalue weighted by Gasteiger charge is 2.34. The summed E-state index contributed by atoms with van der Waals surface area (Å²) in [6, 6.07) is 0. The smallest absolute Gasteiger partial charge is 0.312 e. The molecule has 14 heavy (non-hydrogen) atoms. The Hall–Kier alpha value is -1.06. The normalized spacial score (nSPS) is 13.6. The molecule has 82 valence electrons. The van der Waals surface area contributed by atoms with Gasteiger partial charge in [0.2, 0.25) is 0 Å². The Bertz CT molecular complexity index is 208. The lowest BCUT2D eigenvalue weighted by Crippen LogP contribution is -2.39. The van der Waals surface area contributed by atoms with Crippen LogP contribution >= 0.6 is 0 Å². The molecule has 0 saturated heterocycles. The van der Waals surface area contributed by atoms with Gasteiger partial charge in [-0.3, -0.25) is 9.59 Å². The fourth-order valence-electron chi connectivity index (χ4n) is 0.844. The number of rotatable bonds is 5. The van der Waals surface area contributed by atoms with Crippen molar-refractivity contribution in [2.45, 2.75) is 46.3 Å². The molecule has 0 aliphatic heterocycles. The SMILES string of the molecule is CC(C)OC(=O)C(C)C(C)(C)OC=O. The maximum absolute atomic E-state index is 11.5. The molecule has 1 unspecified atom stereocenters. The van der Waals surface area contributed by atoms with Crippen LogP contribution in [-0.2, 0) is 19.1 Å². The fourth-order valence-corrected chi connectivity index (χ4v) is 0.844. The van der Waals surface area contributed by atoms with Crippen LogP contribution in [0, 0.1) is 5.92 Å². The predicted octanol–water partition coefficient (Wildman–Crippen LogP) is 1.53. The summed E-state index contributed by atoms with van der Waals surface area (Å²) in [4.78, 5) is 21.7. The zero-order chi connectivity index (χ0) is 11.4. The number of carbonyl (C=O) groups is 2. The average Bonchev–Trinajstić information content (AvgIpc) is 2.01. The van der Waals surface area contributed by atoms with E-state index in [4.69, 9.17) is 9.47 Å². The van der Waals surface area contributed by atoms with E-state index in [2.05, 4.69) is 0 Å². The molecule has 0 spiro atoms. The topological polar surface area (TPSA) is 52.6 Å².